The van der Waals surface area contributed by atoms with Crippen LogP contribution in [0.3, 0.4) is 0 Å². The molecule has 0 unspecified atom stereocenters. The third-order valence-corrected chi connectivity index (χ3v) is 3.42. The van der Waals surface area contributed by atoms with E-state index < -0.39 is 5.97 Å². The fourth-order valence-electron chi connectivity index (χ4n) is 1.74. The Morgan fingerprint density at radius 2 is 2.16 bits per heavy atom. The van der Waals surface area contributed by atoms with Crippen LogP contribution in [-0.4, -0.2) is 28.1 Å². The lowest BCUT2D eigenvalue weighted by Crippen LogP contribution is -2.21. The van der Waals surface area contributed by atoms with E-state index in [0.29, 0.717) is 12.4 Å². The number of halogens is 1. The van der Waals surface area contributed by atoms with Crippen molar-refractivity contribution in [1.82, 2.24) is 9.97 Å². The second-order valence-electron chi connectivity index (χ2n) is 4.01. The second-order valence-corrected chi connectivity index (χ2v) is 4.87. The Bertz CT molecular complexity index is 604. The minimum Gasteiger partial charge on any atom is -0.477 e. The van der Waals surface area contributed by atoms with E-state index in [-0.39, 0.29) is 5.56 Å². The van der Waals surface area contributed by atoms with E-state index in [1.54, 1.807) is 11.9 Å². The molecule has 0 aliphatic heterocycles. The van der Waals surface area contributed by atoms with E-state index in [4.69, 9.17) is 5.11 Å². The summed E-state index contributed by atoms with van der Waals surface area (Å²) in [6.07, 6.45) is 2.65. The molecule has 0 fully saturated rings. The van der Waals surface area contributed by atoms with Gasteiger partial charge in [-0.05, 0) is 11.6 Å². The van der Waals surface area contributed by atoms with E-state index in [9.17, 15) is 4.79 Å². The van der Waals surface area contributed by atoms with Gasteiger partial charge >= 0.3 is 5.97 Å². The standard InChI is InChI=1S/C13H12BrN3O2/c1-17(7-9-4-2-3-5-11(9)14)12-10(13(18)19)6-15-8-16-12/h2-6,8H,7H2,1H3,(H,18,19). The van der Waals surface area contributed by atoms with Crippen molar-refractivity contribution in [1.29, 1.82) is 0 Å². The molecule has 0 saturated heterocycles. The third-order valence-electron chi connectivity index (χ3n) is 2.65. The van der Waals surface area contributed by atoms with Gasteiger partial charge in [-0.1, -0.05) is 34.1 Å². The molecule has 1 heterocycles. The number of anilines is 1. The molecular weight excluding hydrogens is 310 g/mol. The highest BCUT2D eigenvalue weighted by Crippen LogP contribution is 2.21. The molecule has 0 saturated carbocycles. The number of rotatable bonds is 4. The van der Waals surface area contributed by atoms with Crippen LogP contribution < -0.4 is 4.90 Å². The van der Waals surface area contributed by atoms with Crippen molar-refractivity contribution >= 4 is 27.7 Å². The fourth-order valence-corrected chi connectivity index (χ4v) is 2.15. The Labute approximate surface area is 119 Å². The van der Waals surface area contributed by atoms with E-state index in [1.165, 1.54) is 12.5 Å². The lowest BCUT2D eigenvalue weighted by atomic mass is 10.2. The molecule has 1 aromatic carbocycles. The lowest BCUT2D eigenvalue weighted by Gasteiger charge is -2.20. The summed E-state index contributed by atoms with van der Waals surface area (Å²) in [7, 11) is 1.80. The van der Waals surface area contributed by atoms with Crippen LogP contribution in [0.4, 0.5) is 5.82 Å². The normalized spacial score (nSPS) is 10.2. The van der Waals surface area contributed by atoms with Crippen molar-refractivity contribution in [3.05, 3.63) is 52.4 Å². The summed E-state index contributed by atoms with van der Waals surface area (Å²) in [5.41, 5.74) is 1.15. The van der Waals surface area contributed by atoms with Gasteiger partial charge in [0.15, 0.2) is 0 Å². The molecule has 19 heavy (non-hydrogen) atoms. The summed E-state index contributed by atoms with van der Waals surface area (Å²) in [5.74, 6) is -0.632. The molecular formula is C13H12BrN3O2. The number of carboxylic acids is 1. The zero-order chi connectivity index (χ0) is 13.8. The summed E-state index contributed by atoms with van der Waals surface area (Å²) in [6.45, 7) is 0.554. The number of nitrogens with zero attached hydrogens (tertiary/aromatic N) is 3. The highest BCUT2D eigenvalue weighted by Gasteiger charge is 2.15. The van der Waals surface area contributed by atoms with Gasteiger partial charge in [0.25, 0.3) is 0 Å². The van der Waals surface area contributed by atoms with Gasteiger partial charge in [-0.25, -0.2) is 14.8 Å². The maximum atomic E-state index is 11.1. The molecule has 1 aromatic heterocycles. The maximum Gasteiger partial charge on any atom is 0.341 e. The number of aromatic nitrogens is 2. The van der Waals surface area contributed by atoms with Crippen LogP contribution in [0.15, 0.2) is 41.3 Å². The quantitative estimate of drug-likeness (QED) is 0.937. The molecule has 0 atom stereocenters. The topological polar surface area (TPSA) is 66.3 Å². The van der Waals surface area contributed by atoms with E-state index in [2.05, 4.69) is 25.9 Å². The Kier molecular flexibility index (Phi) is 4.11. The summed E-state index contributed by atoms with van der Waals surface area (Å²) in [5, 5.41) is 9.12. The highest BCUT2D eigenvalue weighted by molar-refractivity contribution is 9.10. The number of hydrogen-bond donors (Lipinski definition) is 1. The van der Waals surface area contributed by atoms with Crippen molar-refractivity contribution < 1.29 is 9.90 Å². The fraction of sp³-hybridized carbons (Fsp3) is 0.154. The molecule has 6 heteroatoms. The molecule has 0 radical (unpaired) electrons. The lowest BCUT2D eigenvalue weighted by molar-refractivity contribution is 0.0696. The molecule has 98 valence electrons. The van der Waals surface area contributed by atoms with Crippen LogP contribution in [0.1, 0.15) is 15.9 Å². The van der Waals surface area contributed by atoms with E-state index in [1.807, 2.05) is 24.3 Å². The van der Waals surface area contributed by atoms with Gasteiger partial charge in [0.1, 0.15) is 17.7 Å². The highest BCUT2D eigenvalue weighted by atomic mass is 79.9. The van der Waals surface area contributed by atoms with Gasteiger partial charge in [-0.2, -0.15) is 0 Å². The van der Waals surface area contributed by atoms with E-state index >= 15 is 0 Å². The summed E-state index contributed by atoms with van der Waals surface area (Å²) in [4.78, 5) is 20.7. The number of hydrogen-bond acceptors (Lipinski definition) is 4. The van der Waals surface area contributed by atoms with Gasteiger partial charge in [0, 0.05) is 24.3 Å². The van der Waals surface area contributed by atoms with Crippen molar-refractivity contribution in [3.8, 4) is 0 Å². The first-order chi connectivity index (χ1) is 9.09. The van der Waals surface area contributed by atoms with Crippen LogP contribution in [0, 0.1) is 0 Å². The molecule has 0 aliphatic rings. The Hall–Kier alpha value is -1.95. The van der Waals surface area contributed by atoms with Crippen LogP contribution in [0.25, 0.3) is 0 Å². The molecule has 1 N–H and O–H groups in total. The minimum absolute atomic E-state index is 0.0945. The number of carboxylic acid groups (broad SMARTS) is 1. The molecule has 2 aromatic rings. The van der Waals surface area contributed by atoms with Crippen LogP contribution in [0.2, 0.25) is 0 Å². The molecule has 0 bridgehead atoms. The van der Waals surface area contributed by atoms with Crippen molar-refractivity contribution in [2.24, 2.45) is 0 Å². The summed E-state index contributed by atoms with van der Waals surface area (Å²) < 4.78 is 0.979. The van der Waals surface area contributed by atoms with Crippen molar-refractivity contribution in [2.75, 3.05) is 11.9 Å². The van der Waals surface area contributed by atoms with Gasteiger partial charge in [0.2, 0.25) is 0 Å². The smallest absolute Gasteiger partial charge is 0.341 e. The third kappa shape index (κ3) is 3.08. The maximum absolute atomic E-state index is 11.1. The Balaban J connectivity index is 2.28. The number of carbonyl (C=O) groups is 1. The van der Waals surface area contributed by atoms with Gasteiger partial charge in [-0.3, -0.25) is 0 Å². The number of benzene rings is 1. The average molecular weight is 322 g/mol. The summed E-state index contributed by atoms with van der Waals surface area (Å²) in [6, 6.07) is 7.79. The first-order valence-corrected chi connectivity index (χ1v) is 6.36. The van der Waals surface area contributed by atoms with Crippen LogP contribution in [0.5, 0.6) is 0 Å². The molecule has 0 amide bonds. The van der Waals surface area contributed by atoms with Crippen LogP contribution in [-0.2, 0) is 6.54 Å². The average Bonchev–Trinajstić information content (AvgIpc) is 2.41. The zero-order valence-electron chi connectivity index (χ0n) is 10.2. The predicted molar refractivity (Wildman–Crippen MR) is 75.2 cm³/mol. The van der Waals surface area contributed by atoms with Gasteiger partial charge in [0.05, 0.1) is 0 Å². The molecule has 5 nitrogen and oxygen atoms in total. The molecule has 2 rings (SSSR count). The first kappa shape index (κ1) is 13.5. The van der Waals surface area contributed by atoms with Gasteiger partial charge < -0.3 is 10.0 Å². The predicted octanol–water partition coefficient (Wildman–Crippen LogP) is 2.57. The first-order valence-electron chi connectivity index (χ1n) is 5.57. The number of aromatic carboxylic acids is 1. The monoisotopic (exact) mass is 321 g/mol. The van der Waals surface area contributed by atoms with Crippen molar-refractivity contribution in [2.45, 2.75) is 6.54 Å². The SMILES string of the molecule is CN(Cc1ccccc1Br)c1ncncc1C(=O)O. The molecule has 0 spiro atoms. The summed E-state index contributed by atoms with van der Waals surface area (Å²) >= 11 is 3.47. The zero-order valence-corrected chi connectivity index (χ0v) is 11.8. The van der Waals surface area contributed by atoms with Crippen LogP contribution >= 0.6 is 15.9 Å². The van der Waals surface area contributed by atoms with Crippen molar-refractivity contribution in [3.63, 3.8) is 0 Å². The second kappa shape index (κ2) is 5.79. The largest absolute Gasteiger partial charge is 0.477 e. The Morgan fingerprint density at radius 1 is 1.42 bits per heavy atom. The van der Waals surface area contributed by atoms with E-state index in [0.717, 1.165) is 10.0 Å². The minimum atomic E-state index is -1.03. The molecule has 0 aliphatic carbocycles. The van der Waals surface area contributed by atoms with Gasteiger partial charge in [-0.15, -0.1) is 0 Å². The Morgan fingerprint density at radius 3 is 2.84 bits per heavy atom.